The normalized spacial score (nSPS) is 10.6. The second-order valence-electron chi connectivity index (χ2n) is 5.13. The summed E-state index contributed by atoms with van der Waals surface area (Å²) >= 11 is 3.19. The van der Waals surface area contributed by atoms with Crippen LogP contribution in [0.4, 0.5) is 0 Å². The van der Waals surface area contributed by atoms with E-state index in [1.807, 2.05) is 11.9 Å². The molecule has 0 saturated carbocycles. The second kappa shape index (κ2) is 13.4. The maximum atomic E-state index is 11.3. The molecular weight excluding hydrogens is 290 g/mol. The van der Waals surface area contributed by atoms with Gasteiger partial charge in [0.25, 0.3) is 0 Å². The first-order chi connectivity index (χ1) is 8.72. The highest BCUT2D eigenvalue weighted by molar-refractivity contribution is 9.09. The van der Waals surface area contributed by atoms with Crippen molar-refractivity contribution in [1.29, 1.82) is 0 Å². The molecular formula is C15H30BrNO. The summed E-state index contributed by atoms with van der Waals surface area (Å²) in [6.07, 6.45) is 13.4. The third-order valence-electron chi connectivity index (χ3n) is 3.39. The number of hydrogen-bond donors (Lipinski definition) is 0. The van der Waals surface area contributed by atoms with Gasteiger partial charge in [0.15, 0.2) is 0 Å². The number of nitrogens with zero attached hydrogens (tertiary/aromatic N) is 1. The maximum absolute atomic E-state index is 11.3. The fourth-order valence-corrected chi connectivity index (χ4v) is 2.49. The monoisotopic (exact) mass is 319 g/mol. The molecule has 0 aliphatic heterocycles. The molecule has 0 N–H and O–H groups in total. The van der Waals surface area contributed by atoms with Gasteiger partial charge in [-0.15, -0.1) is 0 Å². The Morgan fingerprint density at radius 2 is 1.33 bits per heavy atom. The summed E-state index contributed by atoms with van der Waals surface area (Å²) in [6.45, 7) is 3.16. The van der Waals surface area contributed by atoms with Gasteiger partial charge >= 0.3 is 0 Å². The van der Waals surface area contributed by atoms with Gasteiger partial charge in [0, 0.05) is 13.6 Å². The fourth-order valence-electron chi connectivity index (χ4n) is 2.06. The van der Waals surface area contributed by atoms with E-state index in [-0.39, 0.29) is 5.91 Å². The second-order valence-corrected chi connectivity index (χ2v) is 5.69. The van der Waals surface area contributed by atoms with Crippen molar-refractivity contribution in [3.05, 3.63) is 0 Å². The Morgan fingerprint density at radius 1 is 0.889 bits per heavy atom. The van der Waals surface area contributed by atoms with E-state index in [1.165, 1.54) is 57.8 Å². The van der Waals surface area contributed by atoms with Crippen LogP contribution < -0.4 is 0 Å². The smallest absolute Gasteiger partial charge is 0.232 e. The number of unbranched alkanes of at least 4 members (excludes halogenated alkanes) is 9. The topological polar surface area (TPSA) is 20.3 Å². The molecule has 0 aliphatic rings. The molecule has 3 heteroatoms. The summed E-state index contributed by atoms with van der Waals surface area (Å²) < 4.78 is 0. The Balaban J connectivity index is 3.14. The van der Waals surface area contributed by atoms with E-state index in [0.29, 0.717) is 5.33 Å². The van der Waals surface area contributed by atoms with Gasteiger partial charge in [-0.25, -0.2) is 0 Å². The predicted octanol–water partition coefficient (Wildman–Crippen LogP) is 4.76. The number of carbonyl (C=O) groups excluding carboxylic acids is 1. The van der Waals surface area contributed by atoms with Crippen molar-refractivity contribution in [3.63, 3.8) is 0 Å². The molecule has 0 spiro atoms. The van der Waals surface area contributed by atoms with Crippen molar-refractivity contribution < 1.29 is 4.79 Å². The van der Waals surface area contributed by atoms with Crippen molar-refractivity contribution in [2.24, 2.45) is 0 Å². The average Bonchev–Trinajstić information content (AvgIpc) is 2.39. The predicted molar refractivity (Wildman–Crippen MR) is 83.3 cm³/mol. The number of rotatable bonds is 12. The molecule has 0 rings (SSSR count). The number of hydrogen-bond acceptors (Lipinski definition) is 1. The molecule has 0 radical (unpaired) electrons. The third-order valence-corrected chi connectivity index (χ3v) is 3.87. The largest absolute Gasteiger partial charge is 0.345 e. The Hall–Kier alpha value is -0.0500. The highest BCUT2D eigenvalue weighted by Crippen LogP contribution is 2.10. The minimum atomic E-state index is 0.186. The molecule has 0 saturated heterocycles. The molecule has 18 heavy (non-hydrogen) atoms. The lowest BCUT2D eigenvalue weighted by Crippen LogP contribution is -2.28. The molecule has 0 aromatic rings. The first-order valence-corrected chi connectivity index (χ1v) is 8.64. The number of halogens is 1. The van der Waals surface area contributed by atoms with Crippen molar-refractivity contribution in [3.8, 4) is 0 Å². The Kier molecular flexibility index (Phi) is 13.3. The summed E-state index contributed by atoms with van der Waals surface area (Å²) in [5.74, 6) is 0.186. The fraction of sp³-hybridized carbons (Fsp3) is 0.933. The highest BCUT2D eigenvalue weighted by atomic mass is 79.9. The Bertz CT molecular complexity index is 197. The number of amides is 1. The standard InChI is InChI=1S/C15H30BrNO/c1-3-4-5-6-7-8-9-10-11-12-13-17(2)15(18)14-16/h3-14H2,1-2H3. The van der Waals surface area contributed by atoms with E-state index < -0.39 is 0 Å². The van der Waals surface area contributed by atoms with Gasteiger partial charge in [-0.1, -0.05) is 80.6 Å². The Morgan fingerprint density at radius 3 is 1.78 bits per heavy atom. The SMILES string of the molecule is CCCCCCCCCCCCN(C)C(=O)CBr. The van der Waals surface area contributed by atoms with E-state index in [4.69, 9.17) is 0 Å². The molecule has 1 amide bonds. The van der Waals surface area contributed by atoms with E-state index >= 15 is 0 Å². The minimum absolute atomic E-state index is 0.186. The van der Waals surface area contributed by atoms with Crippen LogP contribution >= 0.6 is 15.9 Å². The minimum Gasteiger partial charge on any atom is -0.345 e. The van der Waals surface area contributed by atoms with Crippen LogP contribution in [0.1, 0.15) is 71.1 Å². The van der Waals surface area contributed by atoms with Gasteiger partial charge in [0.2, 0.25) is 5.91 Å². The van der Waals surface area contributed by atoms with E-state index in [0.717, 1.165) is 13.0 Å². The molecule has 0 atom stereocenters. The Labute approximate surface area is 122 Å². The van der Waals surface area contributed by atoms with Gasteiger partial charge in [-0.2, -0.15) is 0 Å². The average molecular weight is 320 g/mol. The number of alkyl halides is 1. The van der Waals surface area contributed by atoms with Crippen LogP contribution in [0.15, 0.2) is 0 Å². The van der Waals surface area contributed by atoms with Crippen LogP contribution in [0.25, 0.3) is 0 Å². The zero-order valence-electron chi connectivity index (χ0n) is 12.2. The molecule has 0 heterocycles. The molecule has 2 nitrogen and oxygen atoms in total. The van der Waals surface area contributed by atoms with Crippen LogP contribution in [0.5, 0.6) is 0 Å². The van der Waals surface area contributed by atoms with E-state index in [1.54, 1.807) is 0 Å². The number of carbonyl (C=O) groups is 1. The summed E-state index contributed by atoms with van der Waals surface area (Å²) in [4.78, 5) is 13.1. The van der Waals surface area contributed by atoms with E-state index in [2.05, 4.69) is 22.9 Å². The van der Waals surface area contributed by atoms with Gasteiger partial charge in [0.1, 0.15) is 0 Å². The van der Waals surface area contributed by atoms with Crippen LogP contribution in [-0.2, 0) is 4.79 Å². The quantitative estimate of drug-likeness (QED) is 0.375. The molecule has 0 aromatic carbocycles. The highest BCUT2D eigenvalue weighted by Gasteiger charge is 2.04. The van der Waals surface area contributed by atoms with Gasteiger partial charge < -0.3 is 4.90 Å². The van der Waals surface area contributed by atoms with Crippen LogP contribution in [0.2, 0.25) is 0 Å². The third kappa shape index (κ3) is 11.1. The van der Waals surface area contributed by atoms with Gasteiger partial charge in [-0.3, -0.25) is 4.79 Å². The molecule has 0 fully saturated rings. The van der Waals surface area contributed by atoms with Crippen molar-refractivity contribution in [2.45, 2.75) is 71.1 Å². The molecule has 0 unspecified atom stereocenters. The first-order valence-electron chi connectivity index (χ1n) is 7.52. The summed E-state index contributed by atoms with van der Waals surface area (Å²) in [5.41, 5.74) is 0. The first kappa shape index (κ1) is 17.9. The summed E-state index contributed by atoms with van der Waals surface area (Å²) in [6, 6.07) is 0. The zero-order valence-corrected chi connectivity index (χ0v) is 13.8. The lowest BCUT2D eigenvalue weighted by atomic mass is 10.1. The molecule has 0 bridgehead atoms. The summed E-state index contributed by atoms with van der Waals surface area (Å²) in [7, 11) is 1.89. The van der Waals surface area contributed by atoms with Crippen LogP contribution in [-0.4, -0.2) is 29.7 Å². The lowest BCUT2D eigenvalue weighted by molar-refractivity contribution is -0.127. The molecule has 0 aromatic heterocycles. The lowest BCUT2D eigenvalue weighted by Gasteiger charge is -2.15. The zero-order chi connectivity index (χ0) is 13.6. The maximum Gasteiger partial charge on any atom is 0.232 e. The van der Waals surface area contributed by atoms with Crippen molar-refractivity contribution in [2.75, 3.05) is 18.9 Å². The molecule has 108 valence electrons. The van der Waals surface area contributed by atoms with Crippen LogP contribution in [0.3, 0.4) is 0 Å². The van der Waals surface area contributed by atoms with Gasteiger partial charge in [-0.05, 0) is 6.42 Å². The van der Waals surface area contributed by atoms with E-state index in [9.17, 15) is 4.79 Å². The van der Waals surface area contributed by atoms with Crippen molar-refractivity contribution >= 4 is 21.8 Å². The summed E-state index contributed by atoms with van der Waals surface area (Å²) in [5, 5.41) is 0.446. The van der Waals surface area contributed by atoms with Crippen molar-refractivity contribution in [1.82, 2.24) is 4.90 Å². The molecule has 0 aliphatic carbocycles. The van der Waals surface area contributed by atoms with Gasteiger partial charge in [0.05, 0.1) is 5.33 Å². The van der Waals surface area contributed by atoms with Crippen LogP contribution in [0, 0.1) is 0 Å².